The highest BCUT2D eigenvalue weighted by Gasteiger charge is 2.21. The van der Waals surface area contributed by atoms with Gasteiger partial charge in [-0.2, -0.15) is 0 Å². The molecule has 2 aromatic rings. The summed E-state index contributed by atoms with van der Waals surface area (Å²) in [6.45, 7) is 1.35. The van der Waals surface area contributed by atoms with Crippen molar-refractivity contribution >= 4 is 40.9 Å². The second kappa shape index (κ2) is 7.39. The fourth-order valence-corrected chi connectivity index (χ4v) is 2.06. The van der Waals surface area contributed by atoms with E-state index in [1.165, 1.54) is 37.4 Å². The number of carbonyl (C=O) groups is 2. The number of amides is 1. The molecule has 0 unspecified atom stereocenters. The molecule has 1 aromatic heterocycles. The first-order valence-electron chi connectivity index (χ1n) is 6.46. The molecule has 1 heterocycles. The quantitative estimate of drug-likeness (QED) is 0.847. The van der Waals surface area contributed by atoms with Gasteiger partial charge < -0.3 is 10.1 Å². The number of rotatable bonds is 4. The molecule has 120 valence electrons. The summed E-state index contributed by atoms with van der Waals surface area (Å²) < 4.78 is 18.4. The first kappa shape index (κ1) is 17.2. The van der Waals surface area contributed by atoms with Crippen LogP contribution in [0.4, 0.5) is 10.2 Å². The summed E-state index contributed by atoms with van der Waals surface area (Å²) in [5, 5.41) is 2.85. The molecule has 0 fully saturated rings. The van der Waals surface area contributed by atoms with Gasteiger partial charge in [-0.25, -0.2) is 14.2 Å². The number of ether oxygens (including phenoxy) is 1. The standard InChI is InChI=1S/C15H11Cl2FN2O3/c1-8(23-15(22)10-4-2-3-5-12(10)18)14(21)20-13-11(17)6-9(16)7-19-13/h2-8H,1H3,(H,19,20,21)/t8-/m1/s1. The van der Waals surface area contributed by atoms with Gasteiger partial charge in [0.25, 0.3) is 5.91 Å². The van der Waals surface area contributed by atoms with E-state index in [2.05, 4.69) is 10.3 Å². The van der Waals surface area contributed by atoms with Crippen molar-refractivity contribution in [3.63, 3.8) is 0 Å². The summed E-state index contributed by atoms with van der Waals surface area (Å²) in [6, 6.07) is 6.72. The smallest absolute Gasteiger partial charge is 0.341 e. The van der Waals surface area contributed by atoms with Crippen LogP contribution in [0.5, 0.6) is 0 Å². The number of anilines is 1. The fourth-order valence-electron chi connectivity index (χ4n) is 1.63. The molecule has 0 saturated carbocycles. The highest BCUT2D eigenvalue weighted by atomic mass is 35.5. The Morgan fingerprint density at radius 3 is 2.65 bits per heavy atom. The number of nitrogens with one attached hydrogen (secondary N) is 1. The first-order valence-corrected chi connectivity index (χ1v) is 7.21. The number of benzene rings is 1. The van der Waals surface area contributed by atoms with Gasteiger partial charge in [-0.1, -0.05) is 35.3 Å². The maximum Gasteiger partial charge on any atom is 0.341 e. The minimum atomic E-state index is -1.17. The Labute approximate surface area is 141 Å². The van der Waals surface area contributed by atoms with Crippen LogP contribution in [0, 0.1) is 5.82 Å². The number of pyridine rings is 1. The van der Waals surface area contributed by atoms with Crippen molar-refractivity contribution in [3.8, 4) is 0 Å². The minimum absolute atomic E-state index is 0.0786. The zero-order chi connectivity index (χ0) is 17.0. The van der Waals surface area contributed by atoms with Crippen molar-refractivity contribution in [3.05, 3.63) is 58.0 Å². The first-order chi connectivity index (χ1) is 10.9. The lowest BCUT2D eigenvalue weighted by atomic mass is 10.2. The molecule has 0 aliphatic rings. The molecule has 8 heteroatoms. The van der Waals surface area contributed by atoms with Crippen molar-refractivity contribution in [2.45, 2.75) is 13.0 Å². The number of nitrogens with zero attached hydrogens (tertiary/aromatic N) is 1. The van der Waals surface area contributed by atoms with Gasteiger partial charge >= 0.3 is 5.97 Å². The lowest BCUT2D eigenvalue weighted by molar-refractivity contribution is -0.123. The van der Waals surface area contributed by atoms with Crippen LogP contribution in [0.25, 0.3) is 0 Å². The van der Waals surface area contributed by atoms with E-state index in [1.807, 2.05) is 0 Å². The molecule has 23 heavy (non-hydrogen) atoms. The molecule has 0 bridgehead atoms. The van der Waals surface area contributed by atoms with Gasteiger partial charge in [-0.05, 0) is 25.1 Å². The Bertz CT molecular complexity index is 755. The third kappa shape index (κ3) is 4.40. The summed E-state index contributed by atoms with van der Waals surface area (Å²) in [6.07, 6.45) is 0.134. The van der Waals surface area contributed by atoms with Gasteiger partial charge in [0, 0.05) is 6.20 Å². The summed E-state index contributed by atoms with van der Waals surface area (Å²) >= 11 is 11.6. The molecule has 0 aliphatic heterocycles. The highest BCUT2D eigenvalue weighted by molar-refractivity contribution is 6.36. The number of halogens is 3. The second-order valence-electron chi connectivity index (χ2n) is 4.50. The lowest BCUT2D eigenvalue weighted by Crippen LogP contribution is -2.30. The summed E-state index contributed by atoms with van der Waals surface area (Å²) in [5.41, 5.74) is -0.255. The van der Waals surface area contributed by atoms with E-state index < -0.39 is 23.8 Å². The molecule has 1 aromatic carbocycles. The SMILES string of the molecule is C[C@@H](OC(=O)c1ccccc1F)C(=O)Nc1ncc(Cl)cc1Cl. The number of aromatic nitrogens is 1. The molecular formula is C15H11Cl2FN2O3. The zero-order valence-corrected chi connectivity index (χ0v) is 13.4. The van der Waals surface area contributed by atoms with Gasteiger partial charge in [-0.15, -0.1) is 0 Å². The molecular weight excluding hydrogens is 346 g/mol. The molecule has 0 radical (unpaired) electrons. The number of hydrogen-bond acceptors (Lipinski definition) is 4. The molecule has 1 N–H and O–H groups in total. The summed E-state index contributed by atoms with van der Waals surface area (Å²) in [4.78, 5) is 27.7. The molecule has 0 saturated heterocycles. The van der Waals surface area contributed by atoms with Crippen molar-refractivity contribution in [2.24, 2.45) is 0 Å². The van der Waals surface area contributed by atoms with Crippen molar-refractivity contribution in [2.75, 3.05) is 5.32 Å². The van der Waals surface area contributed by atoms with Crippen LogP contribution >= 0.6 is 23.2 Å². The van der Waals surface area contributed by atoms with Crippen molar-refractivity contribution < 1.29 is 18.7 Å². The van der Waals surface area contributed by atoms with E-state index in [4.69, 9.17) is 27.9 Å². The third-order valence-electron chi connectivity index (χ3n) is 2.80. The van der Waals surface area contributed by atoms with Crippen LogP contribution in [0.2, 0.25) is 10.0 Å². The van der Waals surface area contributed by atoms with Crippen LogP contribution in [-0.2, 0) is 9.53 Å². The predicted octanol–water partition coefficient (Wildman–Crippen LogP) is 3.71. The van der Waals surface area contributed by atoms with E-state index in [0.29, 0.717) is 5.02 Å². The average molecular weight is 357 g/mol. The Morgan fingerprint density at radius 1 is 1.30 bits per heavy atom. The Morgan fingerprint density at radius 2 is 2.00 bits per heavy atom. The average Bonchev–Trinajstić information content (AvgIpc) is 2.50. The summed E-state index contributed by atoms with van der Waals surface area (Å²) in [5.74, 6) is -2.25. The van der Waals surface area contributed by atoms with Gasteiger partial charge in [-0.3, -0.25) is 4.79 Å². The fraction of sp³-hybridized carbons (Fsp3) is 0.133. The van der Waals surface area contributed by atoms with Gasteiger partial charge in [0.15, 0.2) is 11.9 Å². The van der Waals surface area contributed by atoms with Gasteiger partial charge in [0.05, 0.1) is 15.6 Å². The molecule has 2 rings (SSSR count). The minimum Gasteiger partial charge on any atom is -0.449 e. The molecule has 5 nitrogen and oxygen atoms in total. The third-order valence-corrected chi connectivity index (χ3v) is 3.29. The van der Waals surface area contributed by atoms with Gasteiger partial charge in [0.1, 0.15) is 5.82 Å². The van der Waals surface area contributed by atoms with Crippen LogP contribution in [0.1, 0.15) is 17.3 Å². The van der Waals surface area contributed by atoms with E-state index in [9.17, 15) is 14.0 Å². The molecule has 0 spiro atoms. The van der Waals surface area contributed by atoms with E-state index >= 15 is 0 Å². The monoisotopic (exact) mass is 356 g/mol. The largest absolute Gasteiger partial charge is 0.449 e. The molecule has 1 atom stereocenters. The maximum atomic E-state index is 13.5. The lowest BCUT2D eigenvalue weighted by Gasteiger charge is -2.14. The number of esters is 1. The van der Waals surface area contributed by atoms with Crippen LogP contribution in [0.3, 0.4) is 0 Å². The zero-order valence-electron chi connectivity index (χ0n) is 11.8. The maximum absolute atomic E-state index is 13.5. The second-order valence-corrected chi connectivity index (χ2v) is 5.34. The van der Waals surface area contributed by atoms with Crippen molar-refractivity contribution in [1.29, 1.82) is 0 Å². The number of hydrogen-bond donors (Lipinski definition) is 1. The van der Waals surface area contributed by atoms with Crippen molar-refractivity contribution in [1.82, 2.24) is 4.98 Å². The van der Waals surface area contributed by atoms with Gasteiger partial charge in [0.2, 0.25) is 0 Å². The molecule has 1 amide bonds. The van der Waals surface area contributed by atoms with E-state index in [0.717, 1.165) is 6.07 Å². The summed E-state index contributed by atoms with van der Waals surface area (Å²) in [7, 11) is 0. The normalized spacial score (nSPS) is 11.7. The van der Waals surface area contributed by atoms with Crippen LogP contribution in [-0.4, -0.2) is 23.0 Å². The highest BCUT2D eigenvalue weighted by Crippen LogP contribution is 2.22. The van der Waals surface area contributed by atoms with E-state index in [1.54, 1.807) is 0 Å². The van der Waals surface area contributed by atoms with E-state index in [-0.39, 0.29) is 16.4 Å². The number of carbonyl (C=O) groups excluding carboxylic acids is 2. The Balaban J connectivity index is 2.03. The predicted molar refractivity (Wildman–Crippen MR) is 84.2 cm³/mol. The van der Waals surface area contributed by atoms with Crippen LogP contribution < -0.4 is 5.32 Å². The van der Waals surface area contributed by atoms with Crippen LogP contribution in [0.15, 0.2) is 36.5 Å². The Kier molecular flexibility index (Phi) is 5.52. The Hall–Kier alpha value is -2.18. The topological polar surface area (TPSA) is 68.3 Å². The molecule has 0 aliphatic carbocycles.